The van der Waals surface area contributed by atoms with Crippen molar-refractivity contribution in [3.63, 3.8) is 0 Å². The number of carboxylic acid groups (broad SMARTS) is 1. The summed E-state index contributed by atoms with van der Waals surface area (Å²) in [5, 5.41) is 11.0. The van der Waals surface area contributed by atoms with E-state index >= 15 is 0 Å². The minimum absolute atomic E-state index is 0.293. The molecule has 1 aromatic heterocycles. The Morgan fingerprint density at radius 1 is 1.19 bits per heavy atom. The van der Waals surface area contributed by atoms with E-state index in [-0.39, 0.29) is 5.91 Å². The summed E-state index contributed by atoms with van der Waals surface area (Å²) >= 11 is 0. The summed E-state index contributed by atoms with van der Waals surface area (Å²) in [5.41, 5.74) is 0.334. The third kappa shape index (κ3) is 2.46. The third-order valence-corrected chi connectivity index (χ3v) is 3.92. The molecular weight excluding hydrogens is 268 g/mol. The molecule has 21 heavy (non-hydrogen) atoms. The van der Waals surface area contributed by atoms with Gasteiger partial charge in [0.15, 0.2) is 0 Å². The molecule has 0 spiro atoms. The highest BCUT2D eigenvalue weighted by molar-refractivity contribution is 6.06. The van der Waals surface area contributed by atoms with Crippen LogP contribution >= 0.6 is 0 Å². The number of pyridine rings is 1. The molecule has 1 saturated heterocycles. The van der Waals surface area contributed by atoms with Gasteiger partial charge in [0.2, 0.25) is 0 Å². The Labute approximate surface area is 122 Å². The second kappa shape index (κ2) is 5.52. The van der Waals surface area contributed by atoms with Crippen LogP contribution in [0.2, 0.25) is 0 Å². The molecule has 5 heteroatoms. The molecule has 108 valence electrons. The first-order valence-electron chi connectivity index (χ1n) is 7.06. The molecule has 1 N–H and O–H groups in total. The van der Waals surface area contributed by atoms with E-state index in [0.29, 0.717) is 18.7 Å². The van der Waals surface area contributed by atoms with E-state index in [0.717, 1.165) is 23.6 Å². The van der Waals surface area contributed by atoms with Crippen LogP contribution in [0.3, 0.4) is 0 Å². The largest absolute Gasteiger partial charge is 0.480 e. The summed E-state index contributed by atoms with van der Waals surface area (Å²) in [6.07, 6.45) is 3.77. The predicted octanol–water partition coefficient (Wildman–Crippen LogP) is 2.31. The van der Waals surface area contributed by atoms with E-state index < -0.39 is 12.0 Å². The Balaban J connectivity index is 2.01. The topological polar surface area (TPSA) is 70.5 Å². The van der Waals surface area contributed by atoms with Crippen molar-refractivity contribution >= 4 is 22.6 Å². The van der Waals surface area contributed by atoms with Crippen molar-refractivity contribution < 1.29 is 14.7 Å². The maximum atomic E-state index is 12.7. The molecule has 2 heterocycles. The fourth-order valence-electron chi connectivity index (χ4n) is 2.86. The molecule has 1 fully saturated rings. The van der Waals surface area contributed by atoms with Gasteiger partial charge in [-0.25, -0.2) is 4.79 Å². The van der Waals surface area contributed by atoms with Crippen LogP contribution < -0.4 is 0 Å². The summed E-state index contributed by atoms with van der Waals surface area (Å²) in [4.78, 5) is 29.7. The van der Waals surface area contributed by atoms with E-state index in [1.165, 1.54) is 4.90 Å². The lowest BCUT2D eigenvalue weighted by atomic mass is 10.0. The second-order valence-electron chi connectivity index (χ2n) is 5.23. The van der Waals surface area contributed by atoms with Gasteiger partial charge in [-0.15, -0.1) is 0 Å². The number of likely N-dealkylation sites (tertiary alicyclic amines) is 1. The average Bonchev–Trinajstić information content (AvgIpc) is 2.53. The van der Waals surface area contributed by atoms with Gasteiger partial charge in [0.1, 0.15) is 11.7 Å². The van der Waals surface area contributed by atoms with E-state index in [1.54, 1.807) is 6.20 Å². The number of carbonyl (C=O) groups excluding carboxylic acids is 1. The van der Waals surface area contributed by atoms with E-state index in [2.05, 4.69) is 4.98 Å². The highest BCUT2D eigenvalue weighted by atomic mass is 16.4. The maximum Gasteiger partial charge on any atom is 0.326 e. The molecule has 0 unspecified atom stereocenters. The molecule has 1 amide bonds. The number of carboxylic acids is 1. The number of aliphatic carboxylic acids is 1. The Morgan fingerprint density at radius 3 is 2.81 bits per heavy atom. The molecule has 1 atom stereocenters. The minimum atomic E-state index is -0.941. The van der Waals surface area contributed by atoms with Crippen molar-refractivity contribution in [1.29, 1.82) is 0 Å². The smallest absolute Gasteiger partial charge is 0.326 e. The lowest BCUT2D eigenvalue weighted by Gasteiger charge is -2.32. The molecule has 1 aliphatic rings. The monoisotopic (exact) mass is 284 g/mol. The standard InChI is InChI=1S/C16H16N2O3/c19-15(18-10-4-3-7-13(18)16(20)21)14-12-6-2-1-5-11(12)8-9-17-14/h1-2,5-6,8-9,13H,3-4,7,10H2,(H,20,21)/t13-/m1/s1. The zero-order valence-corrected chi connectivity index (χ0v) is 11.5. The molecular formula is C16H16N2O3. The summed E-state index contributed by atoms with van der Waals surface area (Å²) < 4.78 is 0. The number of amides is 1. The normalized spacial score (nSPS) is 18.7. The number of hydrogen-bond acceptors (Lipinski definition) is 3. The lowest BCUT2D eigenvalue weighted by molar-refractivity contribution is -0.143. The Bertz CT molecular complexity index is 693. The number of hydrogen-bond donors (Lipinski definition) is 1. The van der Waals surface area contributed by atoms with Gasteiger partial charge in [-0.2, -0.15) is 0 Å². The minimum Gasteiger partial charge on any atom is -0.480 e. The van der Waals surface area contributed by atoms with Gasteiger partial charge in [-0.3, -0.25) is 9.78 Å². The van der Waals surface area contributed by atoms with Crippen LogP contribution in [0.1, 0.15) is 29.8 Å². The van der Waals surface area contributed by atoms with Crippen molar-refractivity contribution in [3.05, 3.63) is 42.2 Å². The number of aromatic nitrogens is 1. The first-order valence-corrected chi connectivity index (χ1v) is 7.06. The third-order valence-electron chi connectivity index (χ3n) is 3.92. The van der Waals surface area contributed by atoms with Crippen LogP contribution in [0.5, 0.6) is 0 Å². The quantitative estimate of drug-likeness (QED) is 0.918. The first-order chi connectivity index (χ1) is 10.2. The average molecular weight is 284 g/mol. The van der Waals surface area contributed by atoms with Crippen molar-refractivity contribution in [3.8, 4) is 0 Å². The van der Waals surface area contributed by atoms with Gasteiger partial charge in [0.25, 0.3) is 5.91 Å². The highest BCUT2D eigenvalue weighted by Crippen LogP contribution is 2.23. The lowest BCUT2D eigenvalue weighted by Crippen LogP contribution is -2.48. The van der Waals surface area contributed by atoms with Crippen LogP contribution in [0.4, 0.5) is 0 Å². The summed E-state index contributed by atoms with van der Waals surface area (Å²) in [6.45, 7) is 0.473. The van der Waals surface area contributed by atoms with E-state index in [1.807, 2.05) is 30.3 Å². The molecule has 3 rings (SSSR count). The van der Waals surface area contributed by atoms with Crippen molar-refractivity contribution in [2.45, 2.75) is 25.3 Å². The fourth-order valence-corrected chi connectivity index (χ4v) is 2.86. The molecule has 0 aliphatic carbocycles. The van der Waals surface area contributed by atoms with Crippen LogP contribution in [0.25, 0.3) is 10.8 Å². The number of rotatable bonds is 2. The van der Waals surface area contributed by atoms with Crippen LogP contribution in [-0.4, -0.2) is 39.5 Å². The van der Waals surface area contributed by atoms with Gasteiger partial charge in [-0.05, 0) is 30.7 Å². The van der Waals surface area contributed by atoms with Crippen LogP contribution in [0, 0.1) is 0 Å². The first kappa shape index (κ1) is 13.5. The number of fused-ring (bicyclic) bond motifs is 1. The zero-order chi connectivity index (χ0) is 14.8. The Hall–Kier alpha value is -2.43. The van der Waals surface area contributed by atoms with Gasteiger partial charge < -0.3 is 10.0 Å². The summed E-state index contributed by atoms with van der Waals surface area (Å²) in [7, 11) is 0. The van der Waals surface area contributed by atoms with Crippen LogP contribution in [0.15, 0.2) is 36.5 Å². The number of piperidine rings is 1. The molecule has 1 aliphatic heterocycles. The highest BCUT2D eigenvalue weighted by Gasteiger charge is 2.33. The molecule has 0 bridgehead atoms. The van der Waals surface area contributed by atoms with Crippen molar-refractivity contribution in [1.82, 2.24) is 9.88 Å². The van der Waals surface area contributed by atoms with E-state index in [4.69, 9.17) is 0 Å². The summed E-state index contributed by atoms with van der Waals surface area (Å²) in [5.74, 6) is -1.23. The Kier molecular flexibility index (Phi) is 3.56. The predicted molar refractivity (Wildman–Crippen MR) is 78.1 cm³/mol. The zero-order valence-electron chi connectivity index (χ0n) is 11.5. The van der Waals surface area contributed by atoms with E-state index in [9.17, 15) is 14.7 Å². The van der Waals surface area contributed by atoms with Gasteiger partial charge >= 0.3 is 5.97 Å². The number of carbonyl (C=O) groups is 2. The Morgan fingerprint density at radius 2 is 2.00 bits per heavy atom. The van der Waals surface area contributed by atoms with Gasteiger partial charge in [-0.1, -0.05) is 24.3 Å². The van der Waals surface area contributed by atoms with Crippen molar-refractivity contribution in [2.24, 2.45) is 0 Å². The molecule has 1 aromatic carbocycles. The van der Waals surface area contributed by atoms with Crippen LogP contribution in [-0.2, 0) is 4.79 Å². The SMILES string of the molecule is O=C(O)[C@H]1CCCCN1C(=O)c1nccc2ccccc12. The molecule has 2 aromatic rings. The molecule has 5 nitrogen and oxygen atoms in total. The van der Waals surface area contributed by atoms with Gasteiger partial charge in [0.05, 0.1) is 0 Å². The van der Waals surface area contributed by atoms with Gasteiger partial charge in [0, 0.05) is 18.1 Å². The fraction of sp³-hybridized carbons (Fsp3) is 0.312. The number of benzene rings is 1. The second-order valence-corrected chi connectivity index (χ2v) is 5.23. The molecule has 0 radical (unpaired) electrons. The number of nitrogens with zero attached hydrogens (tertiary/aromatic N) is 2. The maximum absolute atomic E-state index is 12.7. The molecule has 0 saturated carbocycles. The van der Waals surface area contributed by atoms with Crippen molar-refractivity contribution in [2.75, 3.05) is 6.54 Å². The summed E-state index contributed by atoms with van der Waals surface area (Å²) in [6, 6.07) is 8.61.